The zero-order valence-electron chi connectivity index (χ0n) is 16.9. The second kappa shape index (κ2) is 10.1. The highest BCUT2D eigenvalue weighted by atomic mass is 35.5. The van der Waals surface area contributed by atoms with Crippen molar-refractivity contribution in [1.82, 2.24) is 0 Å². The molecule has 32 heavy (non-hydrogen) atoms. The number of oxime groups is 2. The van der Waals surface area contributed by atoms with E-state index in [0.717, 1.165) is 0 Å². The zero-order chi connectivity index (χ0) is 22.3. The van der Waals surface area contributed by atoms with Gasteiger partial charge in [-0.2, -0.15) is 0 Å². The molecule has 0 saturated carbocycles. The number of hydrogen-bond donors (Lipinski definition) is 0. The molecule has 2 unspecified atom stereocenters. The van der Waals surface area contributed by atoms with Crippen molar-refractivity contribution in [3.05, 3.63) is 59.1 Å². The molecule has 0 amide bonds. The smallest absolute Gasteiger partial charge is 0.280 e. The van der Waals surface area contributed by atoms with Gasteiger partial charge in [0.25, 0.3) is 5.90 Å². The van der Waals surface area contributed by atoms with E-state index in [4.69, 9.17) is 35.5 Å². The van der Waals surface area contributed by atoms with Gasteiger partial charge >= 0.3 is 0 Å². The van der Waals surface area contributed by atoms with Crippen molar-refractivity contribution in [2.24, 2.45) is 20.3 Å². The van der Waals surface area contributed by atoms with Gasteiger partial charge in [0, 0.05) is 0 Å². The Kier molecular flexibility index (Phi) is 6.81. The lowest BCUT2D eigenvalue weighted by molar-refractivity contribution is 0.0672. The Morgan fingerprint density at radius 1 is 1.12 bits per heavy atom. The minimum Gasteiger partial charge on any atom is -0.470 e. The first-order chi connectivity index (χ1) is 15.7. The molecule has 0 radical (unpaired) electrons. The van der Waals surface area contributed by atoms with Crippen LogP contribution in [0.5, 0.6) is 11.5 Å². The van der Waals surface area contributed by atoms with E-state index in [-0.39, 0.29) is 23.3 Å². The minimum atomic E-state index is -1.79. The van der Waals surface area contributed by atoms with Crippen LogP contribution in [-0.2, 0) is 14.4 Å². The molecule has 2 aromatic rings. The molecular formula is C21H18ClFN4O5. The summed E-state index contributed by atoms with van der Waals surface area (Å²) >= 11 is 6.10. The van der Waals surface area contributed by atoms with Crippen molar-refractivity contribution in [3.63, 3.8) is 0 Å². The quantitative estimate of drug-likeness (QED) is 0.484. The highest BCUT2D eigenvalue weighted by Crippen LogP contribution is 2.28. The zero-order valence-corrected chi connectivity index (χ0v) is 17.6. The number of ether oxygens (including phenoxy) is 3. The third kappa shape index (κ3) is 4.80. The summed E-state index contributed by atoms with van der Waals surface area (Å²) in [5.74, 6) is 0.401. The van der Waals surface area contributed by atoms with Crippen LogP contribution >= 0.6 is 11.6 Å². The molecule has 2 atom stereocenters. The molecular weight excluding hydrogens is 443 g/mol. The lowest BCUT2D eigenvalue weighted by Crippen LogP contribution is -2.39. The molecule has 166 valence electrons. The van der Waals surface area contributed by atoms with Gasteiger partial charge in [-0.3, -0.25) is 0 Å². The first kappa shape index (κ1) is 21.6. The Hall–Kier alpha value is -3.66. The Balaban J connectivity index is 1.57. The molecule has 11 heteroatoms. The summed E-state index contributed by atoms with van der Waals surface area (Å²) in [7, 11) is 1.38. The molecule has 4 rings (SSSR count). The van der Waals surface area contributed by atoms with Gasteiger partial charge in [-0.05, 0) is 29.4 Å². The van der Waals surface area contributed by atoms with Crippen LogP contribution in [-0.4, -0.2) is 56.6 Å². The maximum Gasteiger partial charge on any atom is 0.280 e. The van der Waals surface area contributed by atoms with Gasteiger partial charge in [0.2, 0.25) is 18.3 Å². The average Bonchev–Trinajstić information content (AvgIpc) is 2.82. The molecule has 2 aliphatic heterocycles. The highest BCUT2D eigenvalue weighted by Gasteiger charge is 2.33. The van der Waals surface area contributed by atoms with Crippen LogP contribution in [0.1, 0.15) is 5.56 Å². The van der Waals surface area contributed by atoms with E-state index in [0.29, 0.717) is 29.5 Å². The summed E-state index contributed by atoms with van der Waals surface area (Å²) in [6.07, 6.45) is -1.85. The van der Waals surface area contributed by atoms with E-state index in [1.165, 1.54) is 13.4 Å². The van der Waals surface area contributed by atoms with Gasteiger partial charge in [-0.15, -0.1) is 0 Å². The standard InChI is InChI=1S/C21H18ClFN4O5/c1-28-26-18(21-27-30-11-10-29-21)13-6-2-4-8-15(13)31-19-17(23)20(25-12-24-19)32-16-9-5-3-7-14(16)22/h2-9,12,17,20H,10-11H2,1H3/b26-18+. The first-order valence-corrected chi connectivity index (χ1v) is 9.91. The van der Waals surface area contributed by atoms with Crippen LogP contribution in [0, 0.1) is 0 Å². The summed E-state index contributed by atoms with van der Waals surface area (Å²) < 4.78 is 32.1. The Bertz CT molecular complexity index is 1090. The third-order valence-corrected chi connectivity index (χ3v) is 4.58. The molecule has 0 aliphatic carbocycles. The molecule has 2 aliphatic rings. The molecule has 9 nitrogen and oxygen atoms in total. The van der Waals surface area contributed by atoms with Gasteiger partial charge in [0.15, 0.2) is 12.3 Å². The van der Waals surface area contributed by atoms with Crippen molar-refractivity contribution < 1.29 is 28.3 Å². The van der Waals surface area contributed by atoms with E-state index >= 15 is 4.39 Å². The highest BCUT2D eigenvalue weighted by molar-refractivity contribution is 6.45. The van der Waals surface area contributed by atoms with Crippen LogP contribution in [0.25, 0.3) is 0 Å². The number of benzene rings is 2. The third-order valence-electron chi connectivity index (χ3n) is 4.27. The fourth-order valence-electron chi connectivity index (χ4n) is 2.84. The summed E-state index contributed by atoms with van der Waals surface area (Å²) in [6, 6.07) is 13.5. The second-order valence-electron chi connectivity index (χ2n) is 6.37. The Morgan fingerprint density at radius 2 is 1.91 bits per heavy atom. The van der Waals surface area contributed by atoms with Crippen LogP contribution in [0.4, 0.5) is 4.39 Å². The van der Waals surface area contributed by atoms with Crippen molar-refractivity contribution in [2.75, 3.05) is 20.3 Å². The number of para-hydroxylation sites is 2. The van der Waals surface area contributed by atoms with Gasteiger partial charge in [0.05, 0.1) is 10.6 Å². The van der Waals surface area contributed by atoms with Crippen molar-refractivity contribution in [2.45, 2.75) is 12.4 Å². The predicted molar refractivity (Wildman–Crippen MR) is 117 cm³/mol. The van der Waals surface area contributed by atoms with Gasteiger partial charge in [0.1, 0.15) is 31.6 Å². The van der Waals surface area contributed by atoms with E-state index in [1.54, 1.807) is 48.5 Å². The van der Waals surface area contributed by atoms with Crippen LogP contribution < -0.4 is 9.47 Å². The second-order valence-corrected chi connectivity index (χ2v) is 6.78. The lowest BCUT2D eigenvalue weighted by Gasteiger charge is -2.23. The predicted octanol–water partition coefficient (Wildman–Crippen LogP) is 3.61. The largest absolute Gasteiger partial charge is 0.470 e. The monoisotopic (exact) mass is 460 g/mol. The van der Waals surface area contributed by atoms with Crippen LogP contribution in [0.3, 0.4) is 0 Å². The molecule has 0 bridgehead atoms. The minimum absolute atomic E-state index is 0.109. The van der Waals surface area contributed by atoms with Crippen molar-refractivity contribution in [3.8, 4) is 11.5 Å². The van der Waals surface area contributed by atoms with Crippen molar-refractivity contribution in [1.29, 1.82) is 0 Å². The molecule has 0 aromatic heterocycles. The number of hydrogen-bond acceptors (Lipinski definition) is 9. The maximum atomic E-state index is 15.2. The van der Waals surface area contributed by atoms with Gasteiger partial charge < -0.3 is 23.9 Å². The summed E-state index contributed by atoms with van der Waals surface area (Å²) in [5.41, 5.74) is 0.645. The normalized spacial score (nSPS) is 20.4. The van der Waals surface area contributed by atoms with E-state index in [9.17, 15) is 0 Å². The topological polar surface area (TPSA) is 95.6 Å². The fraction of sp³-hybridized carbons (Fsp3) is 0.238. The number of nitrogens with zero attached hydrogens (tertiary/aromatic N) is 4. The summed E-state index contributed by atoms with van der Waals surface area (Å²) in [6.45, 7) is 0.607. The number of halogens is 2. The van der Waals surface area contributed by atoms with E-state index in [2.05, 4.69) is 20.3 Å². The Morgan fingerprint density at radius 3 is 2.66 bits per heavy atom. The van der Waals surface area contributed by atoms with Crippen molar-refractivity contribution >= 4 is 35.4 Å². The van der Waals surface area contributed by atoms with Crippen LogP contribution in [0.2, 0.25) is 5.02 Å². The molecule has 0 spiro atoms. The number of aliphatic imine (C=N–C) groups is 2. The molecule has 0 saturated heterocycles. The lowest BCUT2D eigenvalue weighted by atomic mass is 10.1. The fourth-order valence-corrected chi connectivity index (χ4v) is 3.02. The summed E-state index contributed by atoms with van der Waals surface area (Å²) in [4.78, 5) is 17.9. The van der Waals surface area contributed by atoms with Gasteiger partial charge in [-0.25, -0.2) is 14.4 Å². The number of rotatable bonds is 6. The van der Waals surface area contributed by atoms with E-state index in [1.807, 2.05) is 0 Å². The molecule has 2 heterocycles. The molecule has 2 aromatic carbocycles. The van der Waals surface area contributed by atoms with Crippen LogP contribution in [0.15, 0.2) is 68.8 Å². The average molecular weight is 461 g/mol. The number of alkyl halides is 1. The Labute approximate surface area is 187 Å². The SMILES string of the molecule is CO/N=C(/C1=NOCCO1)c1ccccc1OC1=NC=NC(Oc2ccccc2Cl)C1F. The van der Waals surface area contributed by atoms with Gasteiger partial charge in [-0.1, -0.05) is 41.0 Å². The molecule has 0 N–H and O–H groups in total. The van der Waals surface area contributed by atoms with E-state index < -0.39 is 12.4 Å². The summed E-state index contributed by atoms with van der Waals surface area (Å²) in [5, 5.41) is 8.17. The maximum absolute atomic E-state index is 15.2. The molecule has 0 fully saturated rings. The first-order valence-electron chi connectivity index (χ1n) is 9.53.